The van der Waals surface area contributed by atoms with Gasteiger partial charge < -0.3 is 5.11 Å². The molecule has 0 saturated carbocycles. The lowest BCUT2D eigenvalue weighted by Crippen LogP contribution is -1.92. The van der Waals surface area contributed by atoms with Crippen LogP contribution in [0.1, 0.15) is 11.1 Å². The molecule has 1 aliphatic heterocycles. The number of non-ortho nitro benzene ring substituents is 1. The van der Waals surface area contributed by atoms with Crippen molar-refractivity contribution in [2.75, 3.05) is 0 Å². The van der Waals surface area contributed by atoms with Crippen LogP contribution < -0.4 is 0 Å². The average Bonchev–Trinajstić information content (AvgIpc) is 3.10. The van der Waals surface area contributed by atoms with Gasteiger partial charge in [0.1, 0.15) is 5.76 Å². The number of nitro benzene ring substituents is 1. The third-order valence-corrected chi connectivity index (χ3v) is 5.75. The van der Waals surface area contributed by atoms with Crippen molar-refractivity contribution >= 4 is 45.7 Å². The molecule has 0 saturated heterocycles. The van der Waals surface area contributed by atoms with E-state index < -0.39 is 4.92 Å². The number of hydrogen-bond acceptors (Lipinski definition) is 6. The van der Waals surface area contributed by atoms with Crippen LogP contribution in [0.5, 0.6) is 0 Å². The number of aliphatic hydroxyl groups excluding tert-OH is 1. The summed E-state index contributed by atoms with van der Waals surface area (Å²) in [5.74, 6) is -0.579. The zero-order chi connectivity index (χ0) is 18.5. The molecule has 26 heavy (non-hydrogen) atoms. The van der Waals surface area contributed by atoms with Crippen LogP contribution in [-0.2, 0) is 4.79 Å². The fourth-order valence-electron chi connectivity index (χ4n) is 2.19. The van der Waals surface area contributed by atoms with Crippen molar-refractivity contribution in [2.45, 2.75) is 0 Å². The van der Waals surface area contributed by atoms with E-state index in [2.05, 4.69) is 0 Å². The first-order valence-corrected chi connectivity index (χ1v) is 9.24. The van der Waals surface area contributed by atoms with Crippen LogP contribution in [-0.4, -0.2) is 15.8 Å². The van der Waals surface area contributed by atoms with Crippen molar-refractivity contribution in [1.82, 2.24) is 0 Å². The highest BCUT2D eigenvalue weighted by atomic mass is 32.2. The molecule has 0 unspecified atom stereocenters. The summed E-state index contributed by atoms with van der Waals surface area (Å²) in [7, 11) is 0. The largest absolute Gasteiger partial charge is 0.507 e. The predicted octanol–water partition coefficient (Wildman–Crippen LogP) is 5.38. The minimum Gasteiger partial charge on any atom is -0.507 e. The summed E-state index contributed by atoms with van der Waals surface area (Å²) < 4.78 is 0.821. The summed E-state index contributed by atoms with van der Waals surface area (Å²) in [6.07, 6.45) is 2.57. The van der Waals surface area contributed by atoms with Gasteiger partial charge >= 0.3 is 0 Å². The van der Waals surface area contributed by atoms with Crippen LogP contribution in [0.15, 0.2) is 76.4 Å². The molecule has 0 amide bonds. The number of ketones is 1. The lowest BCUT2D eigenvalue weighted by molar-refractivity contribution is -0.384. The average molecular weight is 383 g/mol. The molecule has 1 N–H and O–H groups in total. The van der Waals surface area contributed by atoms with Gasteiger partial charge in [0, 0.05) is 34.8 Å². The molecule has 0 radical (unpaired) electrons. The number of hydrogen-bond donors (Lipinski definition) is 1. The van der Waals surface area contributed by atoms with Gasteiger partial charge in [-0.2, -0.15) is 0 Å². The van der Waals surface area contributed by atoms with Crippen LogP contribution in [0, 0.1) is 10.1 Å². The third kappa shape index (κ3) is 4.44. The van der Waals surface area contributed by atoms with Gasteiger partial charge in [-0.3, -0.25) is 14.9 Å². The van der Waals surface area contributed by atoms with E-state index in [0.29, 0.717) is 5.56 Å². The summed E-state index contributed by atoms with van der Waals surface area (Å²) in [5, 5.41) is 22.7. The van der Waals surface area contributed by atoms with E-state index >= 15 is 0 Å². The SMILES string of the molecule is O=C(C=C1SC=C(c2ccccc2)S1)C=C(O)c1ccc([N+](=O)[O-])cc1. The summed E-state index contributed by atoms with van der Waals surface area (Å²) >= 11 is 2.96. The van der Waals surface area contributed by atoms with E-state index in [1.807, 2.05) is 35.7 Å². The Morgan fingerprint density at radius 2 is 1.77 bits per heavy atom. The second kappa shape index (κ2) is 8.07. The number of nitro groups is 1. The van der Waals surface area contributed by atoms with Crippen LogP contribution in [0.25, 0.3) is 10.7 Å². The molecule has 0 aromatic heterocycles. The molecule has 1 heterocycles. The zero-order valence-electron chi connectivity index (χ0n) is 13.4. The highest BCUT2D eigenvalue weighted by Gasteiger charge is 2.15. The number of carbonyl (C=O) groups is 1. The maximum atomic E-state index is 12.1. The molecule has 0 fully saturated rings. The molecule has 2 aromatic rings. The van der Waals surface area contributed by atoms with Gasteiger partial charge in [0.05, 0.1) is 9.16 Å². The predicted molar refractivity (Wildman–Crippen MR) is 106 cm³/mol. The number of rotatable bonds is 5. The fraction of sp³-hybridized carbons (Fsp3) is 0. The smallest absolute Gasteiger partial charge is 0.269 e. The summed E-state index contributed by atoms with van der Waals surface area (Å²) in [6, 6.07) is 15.2. The van der Waals surface area contributed by atoms with E-state index in [-0.39, 0.29) is 17.2 Å². The Kier molecular flexibility index (Phi) is 5.60. The third-order valence-electron chi connectivity index (χ3n) is 3.46. The lowest BCUT2D eigenvalue weighted by atomic mass is 10.1. The molecule has 3 rings (SSSR count). The minimum atomic E-state index is -0.522. The highest BCUT2D eigenvalue weighted by molar-refractivity contribution is 8.31. The summed E-state index contributed by atoms with van der Waals surface area (Å²) in [5.41, 5.74) is 1.36. The number of benzene rings is 2. The van der Waals surface area contributed by atoms with Crippen molar-refractivity contribution in [3.05, 3.63) is 97.6 Å². The van der Waals surface area contributed by atoms with E-state index in [9.17, 15) is 20.0 Å². The van der Waals surface area contributed by atoms with Crippen LogP contribution in [0.2, 0.25) is 0 Å². The molecule has 0 atom stereocenters. The number of carbonyl (C=O) groups excluding carboxylic acids is 1. The van der Waals surface area contributed by atoms with Crippen LogP contribution in [0.4, 0.5) is 5.69 Å². The Labute approximate surface area is 158 Å². The van der Waals surface area contributed by atoms with E-state index in [4.69, 9.17) is 0 Å². The standard InChI is InChI=1S/C19H13NO4S2/c21-16(10-17(22)13-6-8-15(9-7-13)20(23)24)11-19-25-12-18(26-19)14-4-2-1-3-5-14/h1-12,22H. The number of thioether (sulfide) groups is 2. The Bertz CT molecular complexity index is 932. The minimum absolute atomic E-state index is 0.0757. The Hall–Kier alpha value is -2.77. The summed E-state index contributed by atoms with van der Waals surface area (Å²) in [4.78, 5) is 23.3. The van der Waals surface area contributed by atoms with Crippen molar-refractivity contribution in [1.29, 1.82) is 0 Å². The Morgan fingerprint density at radius 1 is 1.08 bits per heavy atom. The van der Waals surface area contributed by atoms with E-state index in [1.54, 1.807) is 0 Å². The van der Waals surface area contributed by atoms with E-state index in [0.717, 1.165) is 20.8 Å². The Balaban J connectivity index is 1.67. The summed E-state index contributed by atoms with van der Waals surface area (Å²) in [6.45, 7) is 0. The van der Waals surface area contributed by atoms with E-state index in [1.165, 1.54) is 53.9 Å². The molecule has 0 bridgehead atoms. The number of aliphatic hydroxyl groups is 1. The second-order valence-electron chi connectivity index (χ2n) is 5.27. The molecule has 0 aliphatic carbocycles. The zero-order valence-corrected chi connectivity index (χ0v) is 15.0. The molecule has 1 aliphatic rings. The van der Waals surface area contributed by atoms with Gasteiger partial charge in [-0.25, -0.2) is 0 Å². The van der Waals surface area contributed by atoms with Gasteiger partial charge in [-0.05, 0) is 23.1 Å². The van der Waals surface area contributed by atoms with Gasteiger partial charge in [0.2, 0.25) is 0 Å². The van der Waals surface area contributed by atoms with Gasteiger partial charge in [-0.1, -0.05) is 53.9 Å². The first-order valence-electron chi connectivity index (χ1n) is 7.54. The van der Waals surface area contributed by atoms with Crippen molar-refractivity contribution < 1.29 is 14.8 Å². The maximum Gasteiger partial charge on any atom is 0.269 e. The number of allylic oxidation sites excluding steroid dienone is 2. The van der Waals surface area contributed by atoms with Crippen LogP contribution in [0.3, 0.4) is 0 Å². The fourth-order valence-corrected chi connectivity index (χ4v) is 4.32. The first-order chi connectivity index (χ1) is 12.5. The van der Waals surface area contributed by atoms with Gasteiger partial charge in [0.15, 0.2) is 5.78 Å². The Morgan fingerprint density at radius 3 is 2.42 bits per heavy atom. The molecule has 130 valence electrons. The number of nitrogens with zero attached hydrogens (tertiary/aromatic N) is 1. The molecule has 2 aromatic carbocycles. The quantitative estimate of drug-likeness (QED) is 0.323. The highest BCUT2D eigenvalue weighted by Crippen LogP contribution is 2.48. The van der Waals surface area contributed by atoms with Crippen molar-refractivity contribution in [2.24, 2.45) is 0 Å². The normalized spacial score (nSPS) is 15.8. The maximum absolute atomic E-state index is 12.1. The van der Waals surface area contributed by atoms with Gasteiger partial charge in [-0.15, -0.1) is 0 Å². The topological polar surface area (TPSA) is 80.4 Å². The van der Waals surface area contributed by atoms with Gasteiger partial charge in [0.25, 0.3) is 5.69 Å². The molecule has 7 heteroatoms. The van der Waals surface area contributed by atoms with Crippen molar-refractivity contribution in [3.8, 4) is 0 Å². The molecular weight excluding hydrogens is 370 g/mol. The lowest BCUT2D eigenvalue weighted by Gasteiger charge is -2.01. The molecule has 5 nitrogen and oxygen atoms in total. The molecular formula is C19H13NO4S2. The van der Waals surface area contributed by atoms with Crippen molar-refractivity contribution in [3.63, 3.8) is 0 Å². The van der Waals surface area contributed by atoms with Crippen LogP contribution >= 0.6 is 23.5 Å². The molecule has 0 spiro atoms. The first kappa shape index (κ1) is 18.0. The monoisotopic (exact) mass is 383 g/mol. The second-order valence-corrected chi connectivity index (χ2v) is 7.52.